The number of hydrogen-bond acceptors (Lipinski definition) is 4. The van der Waals surface area contributed by atoms with Gasteiger partial charge in [-0.1, -0.05) is 19.9 Å². The van der Waals surface area contributed by atoms with Crippen molar-refractivity contribution < 1.29 is 14.3 Å². The predicted octanol–water partition coefficient (Wildman–Crippen LogP) is 5.51. The van der Waals surface area contributed by atoms with Crippen LogP contribution in [0.15, 0.2) is 36.7 Å². The molecule has 1 spiro atoms. The quantitative estimate of drug-likeness (QED) is 0.620. The van der Waals surface area contributed by atoms with Crippen LogP contribution in [0.4, 0.5) is 0 Å². The first-order chi connectivity index (χ1) is 15.3. The van der Waals surface area contributed by atoms with Gasteiger partial charge in [0.25, 0.3) is 5.91 Å². The fourth-order valence-electron chi connectivity index (χ4n) is 5.02. The molecule has 5 heteroatoms. The van der Waals surface area contributed by atoms with Gasteiger partial charge in [0.2, 0.25) is 0 Å². The second-order valence-corrected chi connectivity index (χ2v) is 10.1. The molecule has 1 fully saturated rings. The molecule has 3 heterocycles. The van der Waals surface area contributed by atoms with Crippen LogP contribution in [0.25, 0.3) is 0 Å². The van der Waals surface area contributed by atoms with Gasteiger partial charge >= 0.3 is 0 Å². The Bertz CT molecular complexity index is 961. The highest BCUT2D eigenvalue weighted by Crippen LogP contribution is 2.45. The van der Waals surface area contributed by atoms with E-state index in [1.165, 1.54) is 11.1 Å². The molecule has 32 heavy (non-hydrogen) atoms. The summed E-state index contributed by atoms with van der Waals surface area (Å²) in [5.41, 5.74) is 4.09. The molecular weight excluding hydrogens is 400 g/mol. The third-order valence-electron chi connectivity index (χ3n) is 6.66. The molecule has 172 valence electrons. The summed E-state index contributed by atoms with van der Waals surface area (Å²) in [5, 5.41) is 0. The summed E-state index contributed by atoms with van der Waals surface area (Å²) in [6, 6.07) is 8.16. The lowest BCUT2D eigenvalue weighted by Crippen LogP contribution is -2.52. The van der Waals surface area contributed by atoms with Gasteiger partial charge in [0.05, 0.1) is 18.4 Å². The largest absolute Gasteiger partial charge is 0.485 e. The summed E-state index contributed by atoms with van der Waals surface area (Å²) >= 11 is 0. The van der Waals surface area contributed by atoms with Crippen LogP contribution >= 0.6 is 0 Å². The Morgan fingerprint density at radius 2 is 1.97 bits per heavy atom. The van der Waals surface area contributed by atoms with Crippen LogP contribution in [0.2, 0.25) is 0 Å². The van der Waals surface area contributed by atoms with E-state index < -0.39 is 0 Å². The van der Waals surface area contributed by atoms with E-state index in [0.29, 0.717) is 19.0 Å². The third kappa shape index (κ3) is 4.83. The molecule has 5 nitrogen and oxygen atoms in total. The molecule has 1 aromatic heterocycles. The smallest absolute Gasteiger partial charge is 0.253 e. The number of piperidine rings is 1. The van der Waals surface area contributed by atoms with Crippen molar-refractivity contribution in [3.05, 3.63) is 58.9 Å². The molecular formula is C27H36N2O3. The number of ether oxygens (including phenoxy) is 2. The number of carbonyl (C=O) groups excluding carboxylic acids is 1. The molecule has 0 bridgehead atoms. The summed E-state index contributed by atoms with van der Waals surface area (Å²) in [5.74, 6) is 1.54. The average molecular weight is 437 g/mol. The van der Waals surface area contributed by atoms with Crippen molar-refractivity contribution in [1.82, 2.24) is 9.88 Å². The van der Waals surface area contributed by atoms with E-state index in [2.05, 4.69) is 51.7 Å². The minimum atomic E-state index is -0.302. The lowest BCUT2D eigenvalue weighted by molar-refractivity contribution is -0.0874. The lowest BCUT2D eigenvalue weighted by Gasteiger charge is -2.46. The van der Waals surface area contributed by atoms with Crippen LogP contribution < -0.4 is 4.74 Å². The van der Waals surface area contributed by atoms with Gasteiger partial charge in [-0.05, 0) is 62.4 Å². The van der Waals surface area contributed by atoms with E-state index in [4.69, 9.17) is 9.47 Å². The van der Waals surface area contributed by atoms with Gasteiger partial charge in [0, 0.05) is 49.7 Å². The summed E-state index contributed by atoms with van der Waals surface area (Å²) in [4.78, 5) is 19.5. The molecule has 1 atom stereocenters. The number of likely N-dealkylation sites (tertiary alicyclic amines) is 1. The molecule has 0 saturated carbocycles. The van der Waals surface area contributed by atoms with Crippen LogP contribution in [0.5, 0.6) is 5.75 Å². The van der Waals surface area contributed by atoms with E-state index in [9.17, 15) is 4.79 Å². The van der Waals surface area contributed by atoms with Gasteiger partial charge in [-0.3, -0.25) is 9.78 Å². The maximum atomic E-state index is 13.2. The maximum absolute atomic E-state index is 13.2. The van der Waals surface area contributed by atoms with Gasteiger partial charge in [-0.25, -0.2) is 0 Å². The molecule has 1 amide bonds. The molecule has 0 N–H and O–H groups in total. The molecule has 1 saturated heterocycles. The summed E-state index contributed by atoms with van der Waals surface area (Å²) < 4.78 is 12.7. The van der Waals surface area contributed by atoms with Gasteiger partial charge in [0.1, 0.15) is 11.4 Å². The number of rotatable bonds is 5. The zero-order chi connectivity index (χ0) is 22.9. The number of benzene rings is 1. The molecule has 1 aromatic carbocycles. The predicted molar refractivity (Wildman–Crippen MR) is 126 cm³/mol. The Labute approximate surface area is 192 Å². The summed E-state index contributed by atoms with van der Waals surface area (Å²) in [6.07, 6.45) is 7.19. The van der Waals surface area contributed by atoms with Gasteiger partial charge in [-0.2, -0.15) is 0 Å². The van der Waals surface area contributed by atoms with Gasteiger partial charge in [-0.15, -0.1) is 0 Å². The molecule has 0 radical (unpaired) electrons. The number of aryl methyl sites for hydroxylation is 1. The van der Waals surface area contributed by atoms with Crippen LogP contribution in [0, 0.1) is 12.8 Å². The number of nitrogens with zero attached hydrogens (tertiary/aromatic N) is 2. The standard InChI is InChI=1S/C27H36N2O3/c1-18(2)14-21-6-7-22(15-20(21)5)26(30)29-12-9-27(10-13-29)16-24(31-19(3)4)23-8-11-28-17-25(23)32-27/h6-8,11,15,17-19,24H,9-10,12-14,16H2,1-5H3. The molecule has 2 aliphatic heterocycles. The van der Waals surface area contributed by atoms with E-state index in [1.54, 1.807) is 12.4 Å². The Kier molecular flexibility index (Phi) is 6.57. The fraction of sp³-hybridized carbons (Fsp3) is 0.556. The van der Waals surface area contributed by atoms with E-state index in [-0.39, 0.29) is 23.7 Å². The first-order valence-electron chi connectivity index (χ1n) is 11.9. The third-order valence-corrected chi connectivity index (χ3v) is 6.66. The average Bonchev–Trinajstić information content (AvgIpc) is 2.74. The first-order valence-corrected chi connectivity index (χ1v) is 11.9. The Balaban J connectivity index is 1.45. The number of pyridine rings is 1. The Hall–Kier alpha value is -2.40. The highest BCUT2D eigenvalue weighted by molar-refractivity contribution is 5.94. The minimum Gasteiger partial charge on any atom is -0.485 e. The number of aromatic nitrogens is 1. The number of fused-ring (bicyclic) bond motifs is 1. The van der Waals surface area contributed by atoms with Crippen molar-refractivity contribution in [3.63, 3.8) is 0 Å². The zero-order valence-electron chi connectivity index (χ0n) is 20.1. The van der Waals surface area contributed by atoms with Crippen molar-refractivity contribution in [2.45, 2.75) is 78.1 Å². The van der Waals surface area contributed by atoms with E-state index in [0.717, 1.165) is 42.6 Å². The van der Waals surface area contributed by atoms with Crippen LogP contribution in [-0.4, -0.2) is 40.6 Å². The maximum Gasteiger partial charge on any atom is 0.253 e. The highest BCUT2D eigenvalue weighted by atomic mass is 16.5. The van der Waals surface area contributed by atoms with Crippen molar-refractivity contribution in [3.8, 4) is 5.75 Å². The monoisotopic (exact) mass is 436 g/mol. The minimum absolute atomic E-state index is 0.000141. The fourth-order valence-corrected chi connectivity index (χ4v) is 5.02. The van der Waals surface area contributed by atoms with Crippen molar-refractivity contribution >= 4 is 5.91 Å². The van der Waals surface area contributed by atoms with E-state index in [1.807, 2.05) is 17.0 Å². The summed E-state index contributed by atoms with van der Waals surface area (Å²) in [6.45, 7) is 12.1. The highest BCUT2D eigenvalue weighted by Gasteiger charge is 2.44. The van der Waals surface area contributed by atoms with Crippen molar-refractivity contribution in [2.24, 2.45) is 5.92 Å². The first kappa shape index (κ1) is 22.8. The number of carbonyl (C=O) groups is 1. The van der Waals surface area contributed by atoms with Gasteiger partial charge in [0.15, 0.2) is 0 Å². The van der Waals surface area contributed by atoms with Crippen LogP contribution in [-0.2, 0) is 11.2 Å². The molecule has 0 aliphatic carbocycles. The molecule has 2 aliphatic rings. The molecule has 2 aromatic rings. The SMILES string of the molecule is Cc1cc(C(=O)N2CCC3(CC2)CC(OC(C)C)c2ccncc2O3)ccc1CC(C)C. The number of amides is 1. The van der Waals surface area contributed by atoms with Crippen molar-refractivity contribution in [1.29, 1.82) is 0 Å². The summed E-state index contributed by atoms with van der Waals surface area (Å²) in [7, 11) is 0. The van der Waals surface area contributed by atoms with E-state index >= 15 is 0 Å². The lowest BCUT2D eigenvalue weighted by atomic mass is 9.81. The topological polar surface area (TPSA) is 51.7 Å². The zero-order valence-corrected chi connectivity index (χ0v) is 20.1. The normalized spacial score (nSPS) is 19.8. The number of hydrogen-bond donors (Lipinski definition) is 0. The second-order valence-electron chi connectivity index (χ2n) is 10.1. The van der Waals surface area contributed by atoms with Crippen LogP contribution in [0.1, 0.15) is 80.1 Å². The Morgan fingerprint density at radius 1 is 1.22 bits per heavy atom. The second kappa shape index (κ2) is 9.22. The molecule has 1 unspecified atom stereocenters. The van der Waals surface area contributed by atoms with Crippen LogP contribution in [0.3, 0.4) is 0 Å². The van der Waals surface area contributed by atoms with Crippen molar-refractivity contribution in [2.75, 3.05) is 13.1 Å². The Morgan fingerprint density at radius 3 is 2.62 bits per heavy atom. The van der Waals surface area contributed by atoms with Gasteiger partial charge < -0.3 is 14.4 Å². The molecule has 4 rings (SSSR count).